The number of aryl methyl sites for hydroxylation is 3. The molecule has 2 aliphatic carbocycles. The van der Waals surface area contributed by atoms with Crippen molar-refractivity contribution < 1.29 is 15.6 Å². The molecule has 0 heterocycles. The monoisotopic (exact) mass is 845 g/mol. The van der Waals surface area contributed by atoms with Crippen LogP contribution in [0.1, 0.15) is 111 Å². The van der Waals surface area contributed by atoms with Crippen LogP contribution in [0.4, 0.5) is 0 Å². The van der Waals surface area contributed by atoms with Gasteiger partial charge in [-0.05, 0) is 0 Å². The first-order chi connectivity index (χ1) is 25.2. The van der Waals surface area contributed by atoms with E-state index < -0.39 is 21.5 Å². The Morgan fingerprint density at radius 1 is 0.537 bits per heavy atom. The fourth-order valence-electron chi connectivity index (χ4n) is 9.65. The maximum absolute atomic E-state index is 8.91. The number of rotatable bonds is 6. The Labute approximate surface area is 334 Å². The molecule has 0 spiro atoms. The normalized spacial score (nSPS) is 17.9. The molecule has 4 heteroatoms. The zero-order valence-corrected chi connectivity index (χ0v) is 39.5. The van der Waals surface area contributed by atoms with Crippen molar-refractivity contribution in [1.82, 2.24) is 0 Å². The average Bonchev–Trinajstić information content (AvgIpc) is 3.67. The molecule has 5 aromatic rings. The Bertz CT molecular complexity index is 2320. The number of allylic oxidation sites excluding steroid dienone is 2. The molecule has 7 rings (SSSR count). The third kappa shape index (κ3) is 6.36. The first-order valence-electron chi connectivity index (χ1n) is 19.7. The van der Waals surface area contributed by atoms with Crippen molar-refractivity contribution in [3.8, 4) is 22.3 Å². The summed E-state index contributed by atoms with van der Waals surface area (Å²) in [5, 5.41) is 0. The quantitative estimate of drug-likeness (QED) is 0.149. The molecule has 2 aliphatic rings. The van der Waals surface area contributed by atoms with Gasteiger partial charge in [-0.15, -0.1) is 0 Å². The van der Waals surface area contributed by atoms with Gasteiger partial charge in [0, 0.05) is 0 Å². The molecule has 0 saturated heterocycles. The fourth-order valence-corrected chi connectivity index (χ4v) is 41.2. The van der Waals surface area contributed by atoms with Crippen molar-refractivity contribution in [3.63, 3.8) is 0 Å². The van der Waals surface area contributed by atoms with Gasteiger partial charge in [0.05, 0.1) is 0 Å². The molecule has 0 N–H and O–H groups in total. The van der Waals surface area contributed by atoms with E-state index in [-0.39, 0.29) is 18.1 Å². The van der Waals surface area contributed by atoms with Crippen molar-refractivity contribution in [2.24, 2.45) is 0 Å². The summed E-state index contributed by atoms with van der Waals surface area (Å²) in [7, 11) is 17.8. The van der Waals surface area contributed by atoms with Gasteiger partial charge in [0.25, 0.3) is 0 Å². The van der Waals surface area contributed by atoms with Gasteiger partial charge in [-0.25, -0.2) is 0 Å². The molecule has 0 nitrogen and oxygen atoms in total. The van der Waals surface area contributed by atoms with Crippen LogP contribution < -0.4 is 0 Å². The zero-order chi connectivity index (χ0) is 39.1. The van der Waals surface area contributed by atoms with Crippen LogP contribution in [-0.4, -0.2) is 5.92 Å². The molecular formula is C50H57Cl2SiZr. The van der Waals surface area contributed by atoms with E-state index in [1.165, 1.54) is 89.0 Å². The van der Waals surface area contributed by atoms with Crippen LogP contribution in [0.3, 0.4) is 0 Å². The Balaban J connectivity index is 1.48. The summed E-state index contributed by atoms with van der Waals surface area (Å²) < 4.78 is -0.0258. The van der Waals surface area contributed by atoms with Gasteiger partial charge in [-0.1, -0.05) is 0 Å². The van der Waals surface area contributed by atoms with E-state index in [0.29, 0.717) is 0 Å². The van der Waals surface area contributed by atoms with Gasteiger partial charge >= 0.3 is 337 Å². The van der Waals surface area contributed by atoms with E-state index in [1.54, 1.807) is 0 Å². The third-order valence-corrected chi connectivity index (χ3v) is 64.6. The fraction of sp³-hybridized carbons (Fsp3) is 0.320. The van der Waals surface area contributed by atoms with Gasteiger partial charge in [-0.3, -0.25) is 0 Å². The van der Waals surface area contributed by atoms with E-state index in [2.05, 4.69) is 192 Å². The number of hydrogen-bond acceptors (Lipinski definition) is 0. The van der Waals surface area contributed by atoms with E-state index in [9.17, 15) is 0 Å². The summed E-state index contributed by atoms with van der Waals surface area (Å²) in [6.45, 7) is 27.7. The average molecular weight is 848 g/mol. The van der Waals surface area contributed by atoms with E-state index >= 15 is 0 Å². The standard InChI is InChI=1S/C27H27.C21H23.C2H7Si.2ClH.Zr/c1-18-8-6-9-19(2)26(18)22-16-21-10-7-11-24(25(21)17-22)20-12-14-23(15-13-20)27(3,4)5;1-14-12-19-15(2)6-11-18(20(19)13-14)16-7-9-17(10-8-16)21(3,4)5;1-3-2;;;/h6-17H,1-5H3;6-13H,1-5H3;3H,1-2H3;2*1H;/q;;;;;+2/p-2. The second-order valence-corrected chi connectivity index (χ2v) is 61.2. The Morgan fingerprint density at radius 2 is 1.04 bits per heavy atom. The first kappa shape index (κ1) is 39.5. The minimum absolute atomic E-state index is 0.0173. The molecule has 279 valence electrons. The maximum atomic E-state index is 8.91. The zero-order valence-electron chi connectivity index (χ0n) is 34.4. The summed E-state index contributed by atoms with van der Waals surface area (Å²) in [6.07, 6.45) is 4.94. The van der Waals surface area contributed by atoms with Crippen LogP contribution in [0.15, 0.2) is 103 Å². The molecule has 0 fully saturated rings. The Kier molecular flexibility index (Phi) is 10.0. The van der Waals surface area contributed by atoms with Crippen molar-refractivity contribution >= 4 is 40.7 Å². The summed E-state index contributed by atoms with van der Waals surface area (Å²) in [5.74, 6) is -1.76. The summed E-state index contributed by atoms with van der Waals surface area (Å²) in [5.41, 5.74) is 21.0. The number of halogens is 2. The molecule has 0 bridgehead atoms. The summed E-state index contributed by atoms with van der Waals surface area (Å²) >= 11 is -5.08. The second kappa shape index (κ2) is 13.7. The van der Waals surface area contributed by atoms with Gasteiger partial charge in [0.2, 0.25) is 0 Å². The van der Waals surface area contributed by atoms with Gasteiger partial charge in [0.15, 0.2) is 0 Å². The van der Waals surface area contributed by atoms with Crippen molar-refractivity contribution in [2.45, 2.75) is 100 Å². The van der Waals surface area contributed by atoms with Crippen LogP contribution in [0.5, 0.6) is 0 Å². The summed E-state index contributed by atoms with van der Waals surface area (Å²) in [6, 6.07) is 36.6. The van der Waals surface area contributed by atoms with E-state index in [4.69, 9.17) is 17.0 Å². The minimum atomic E-state index is -5.08. The van der Waals surface area contributed by atoms with Gasteiger partial charge in [0.1, 0.15) is 0 Å². The predicted molar refractivity (Wildman–Crippen MR) is 239 cm³/mol. The SMILES string of the molecule is CC1=Cc2c(-c3ccc(C(C)(C)C)cc3)ccc(C)c2[CH]1[Zr]([Cl])([Cl])([CH]1C(c2c(C)cccc2C)=Cc2c(-c3ccc(C(C)(C)C)cc3)cccc21)[SiH](C)C. The molecule has 54 heavy (non-hydrogen) atoms. The Hall–Kier alpha value is -2.74. The Morgan fingerprint density at radius 3 is 1.54 bits per heavy atom. The summed E-state index contributed by atoms with van der Waals surface area (Å²) in [4.78, 5) is 0. The van der Waals surface area contributed by atoms with Gasteiger partial charge in [-0.2, -0.15) is 0 Å². The molecule has 2 atom stereocenters. The van der Waals surface area contributed by atoms with Crippen molar-refractivity contribution in [3.05, 3.63) is 158 Å². The molecule has 0 aliphatic heterocycles. The molecule has 5 aromatic carbocycles. The predicted octanol–water partition coefficient (Wildman–Crippen LogP) is 15.3. The molecule has 0 aromatic heterocycles. The van der Waals surface area contributed by atoms with Crippen LogP contribution in [0.25, 0.3) is 40.0 Å². The van der Waals surface area contributed by atoms with Crippen LogP contribution in [0.2, 0.25) is 13.1 Å². The molecule has 0 saturated carbocycles. The van der Waals surface area contributed by atoms with E-state index in [1.807, 2.05) is 0 Å². The van der Waals surface area contributed by atoms with E-state index in [0.717, 1.165) is 0 Å². The number of benzene rings is 5. The van der Waals surface area contributed by atoms with Gasteiger partial charge < -0.3 is 0 Å². The second-order valence-electron chi connectivity index (χ2n) is 18.7. The van der Waals surface area contributed by atoms with Crippen molar-refractivity contribution in [1.29, 1.82) is 0 Å². The number of hydrogen-bond donors (Lipinski definition) is 0. The number of fused-ring (bicyclic) bond motifs is 2. The van der Waals surface area contributed by atoms with Crippen LogP contribution in [-0.2, 0) is 26.4 Å². The van der Waals surface area contributed by atoms with Crippen LogP contribution >= 0.6 is 17.0 Å². The van der Waals surface area contributed by atoms with Crippen molar-refractivity contribution in [2.75, 3.05) is 0 Å². The molecule has 0 amide bonds. The first-order valence-corrected chi connectivity index (χ1v) is 36.1. The molecule has 2 unspecified atom stereocenters. The topological polar surface area (TPSA) is 0 Å². The van der Waals surface area contributed by atoms with Crippen LogP contribution in [0, 0.1) is 20.8 Å². The molecular weight excluding hydrogens is 791 g/mol. The third-order valence-electron chi connectivity index (χ3n) is 12.8. The molecule has 0 radical (unpaired) electrons.